The second-order valence-corrected chi connectivity index (χ2v) is 4.63. The monoisotopic (exact) mass is 288 g/mol. The molecule has 2 aromatic rings. The van der Waals surface area contributed by atoms with Crippen LogP contribution in [0.4, 0.5) is 5.69 Å². The van der Waals surface area contributed by atoms with Crippen LogP contribution in [-0.2, 0) is 6.54 Å². The van der Waals surface area contributed by atoms with E-state index in [0.717, 1.165) is 17.0 Å². The summed E-state index contributed by atoms with van der Waals surface area (Å²) >= 11 is 6.02. The van der Waals surface area contributed by atoms with Gasteiger partial charge in [0.1, 0.15) is 12.4 Å². The first-order valence-electron chi connectivity index (χ1n) is 6.35. The Morgan fingerprint density at radius 3 is 2.70 bits per heavy atom. The molecule has 0 saturated heterocycles. The number of hydrazine groups is 1. The van der Waals surface area contributed by atoms with Gasteiger partial charge in [-0.1, -0.05) is 42.5 Å². The first-order valence-corrected chi connectivity index (χ1v) is 6.73. The van der Waals surface area contributed by atoms with Gasteiger partial charge in [-0.25, -0.2) is 5.43 Å². The van der Waals surface area contributed by atoms with Gasteiger partial charge in [-0.2, -0.15) is 0 Å². The van der Waals surface area contributed by atoms with Crippen LogP contribution in [-0.4, -0.2) is 6.61 Å². The number of ether oxygens (including phenoxy) is 1. The van der Waals surface area contributed by atoms with Crippen LogP contribution in [0.25, 0.3) is 0 Å². The van der Waals surface area contributed by atoms with E-state index in [1.54, 1.807) is 6.08 Å². The van der Waals surface area contributed by atoms with Crippen molar-refractivity contribution in [2.24, 2.45) is 0 Å². The van der Waals surface area contributed by atoms with Crippen LogP contribution in [0, 0.1) is 0 Å². The Hall–Kier alpha value is -1.97. The second-order valence-electron chi connectivity index (χ2n) is 4.20. The molecule has 0 aliphatic heterocycles. The normalized spacial score (nSPS) is 10.1. The average molecular weight is 289 g/mol. The van der Waals surface area contributed by atoms with Crippen molar-refractivity contribution in [3.05, 3.63) is 71.8 Å². The molecule has 0 aromatic heterocycles. The Kier molecular flexibility index (Phi) is 5.47. The van der Waals surface area contributed by atoms with Crippen LogP contribution < -0.4 is 15.6 Å². The Bertz CT molecular complexity index is 558. The minimum absolute atomic E-state index is 0.473. The highest BCUT2D eigenvalue weighted by atomic mass is 35.5. The summed E-state index contributed by atoms with van der Waals surface area (Å²) < 4.78 is 5.60. The molecular formula is C16H17ClN2O. The number of para-hydroxylation sites is 1. The largest absolute Gasteiger partial charge is 0.489 e. The molecule has 0 saturated carbocycles. The van der Waals surface area contributed by atoms with E-state index in [1.807, 2.05) is 48.5 Å². The van der Waals surface area contributed by atoms with Crippen molar-refractivity contribution in [2.45, 2.75) is 6.54 Å². The summed E-state index contributed by atoms with van der Waals surface area (Å²) in [5.41, 5.74) is 8.27. The molecule has 0 unspecified atom stereocenters. The first kappa shape index (κ1) is 14.4. The van der Waals surface area contributed by atoms with Gasteiger partial charge in [0.15, 0.2) is 0 Å². The minimum Gasteiger partial charge on any atom is -0.489 e. The molecule has 20 heavy (non-hydrogen) atoms. The molecule has 0 amide bonds. The Balaban J connectivity index is 1.97. The number of hydrogen-bond donors (Lipinski definition) is 2. The number of benzene rings is 2. The lowest BCUT2D eigenvalue weighted by Gasteiger charge is -2.13. The molecular weight excluding hydrogens is 272 g/mol. The Labute approximate surface area is 124 Å². The highest BCUT2D eigenvalue weighted by Gasteiger charge is 2.04. The topological polar surface area (TPSA) is 33.3 Å². The predicted molar refractivity (Wildman–Crippen MR) is 84.0 cm³/mol. The lowest BCUT2D eigenvalue weighted by atomic mass is 10.2. The third kappa shape index (κ3) is 4.30. The third-order valence-corrected chi connectivity index (χ3v) is 2.90. The van der Waals surface area contributed by atoms with Crippen molar-refractivity contribution in [1.29, 1.82) is 0 Å². The lowest BCUT2D eigenvalue weighted by molar-refractivity contribution is 0.358. The summed E-state index contributed by atoms with van der Waals surface area (Å²) in [5, 5.41) is 0.687. The summed E-state index contributed by atoms with van der Waals surface area (Å²) in [6.07, 6.45) is 1.72. The lowest BCUT2D eigenvalue weighted by Crippen LogP contribution is -2.21. The fourth-order valence-electron chi connectivity index (χ4n) is 1.74. The van der Waals surface area contributed by atoms with Crippen LogP contribution >= 0.6 is 11.6 Å². The fraction of sp³-hybridized carbons (Fsp3) is 0.125. The summed E-state index contributed by atoms with van der Waals surface area (Å²) in [6.45, 7) is 4.72. The zero-order chi connectivity index (χ0) is 14.2. The molecule has 2 N–H and O–H groups in total. The molecule has 2 rings (SSSR count). The van der Waals surface area contributed by atoms with Crippen molar-refractivity contribution < 1.29 is 4.74 Å². The maximum Gasteiger partial charge on any atom is 0.124 e. The number of halogens is 1. The first-order chi connectivity index (χ1) is 9.79. The molecule has 0 heterocycles. The summed E-state index contributed by atoms with van der Waals surface area (Å²) in [6, 6.07) is 15.5. The number of nitrogens with one attached hydrogen (secondary N) is 2. The number of hydrogen-bond acceptors (Lipinski definition) is 3. The quantitative estimate of drug-likeness (QED) is 0.596. The highest BCUT2D eigenvalue weighted by molar-refractivity contribution is 6.30. The molecule has 104 valence electrons. The minimum atomic E-state index is 0.473. The van der Waals surface area contributed by atoms with Crippen LogP contribution in [0.2, 0.25) is 5.02 Å². The maximum absolute atomic E-state index is 6.02. The molecule has 0 spiro atoms. The zero-order valence-corrected chi connectivity index (χ0v) is 11.9. The molecule has 0 atom stereocenters. The van der Waals surface area contributed by atoms with Crippen molar-refractivity contribution in [2.75, 3.05) is 12.0 Å². The van der Waals surface area contributed by atoms with E-state index in [9.17, 15) is 0 Å². The van der Waals surface area contributed by atoms with E-state index < -0.39 is 0 Å². The third-order valence-electron chi connectivity index (χ3n) is 2.66. The van der Waals surface area contributed by atoms with Crippen LogP contribution in [0.5, 0.6) is 5.75 Å². The summed E-state index contributed by atoms with van der Waals surface area (Å²) in [5.74, 6) is 0.802. The predicted octanol–water partition coefficient (Wildman–Crippen LogP) is 4.02. The number of anilines is 1. The number of rotatable bonds is 7. The smallest absolute Gasteiger partial charge is 0.124 e. The molecule has 0 fully saturated rings. The van der Waals surface area contributed by atoms with Crippen molar-refractivity contribution in [3.8, 4) is 5.75 Å². The molecule has 0 bridgehead atoms. The second kappa shape index (κ2) is 7.58. The van der Waals surface area contributed by atoms with Crippen molar-refractivity contribution in [3.63, 3.8) is 0 Å². The summed E-state index contributed by atoms with van der Waals surface area (Å²) in [4.78, 5) is 0. The standard InChI is InChI=1S/C16H17ClN2O/c1-2-10-20-16-9-8-14(17)11-13(16)12-18-19-15-6-4-3-5-7-15/h2-9,11,18-19H,1,10,12H2. The maximum atomic E-state index is 6.02. The highest BCUT2D eigenvalue weighted by Crippen LogP contribution is 2.23. The van der Waals surface area contributed by atoms with Crippen molar-refractivity contribution >= 4 is 17.3 Å². The van der Waals surface area contributed by atoms with Crippen molar-refractivity contribution in [1.82, 2.24) is 5.43 Å². The van der Waals surface area contributed by atoms with Gasteiger partial charge < -0.3 is 10.2 Å². The zero-order valence-electron chi connectivity index (χ0n) is 11.1. The van der Waals surface area contributed by atoms with Gasteiger partial charge in [-0.3, -0.25) is 0 Å². The van der Waals surface area contributed by atoms with Gasteiger partial charge in [0.2, 0.25) is 0 Å². The molecule has 4 heteroatoms. The van der Waals surface area contributed by atoms with E-state index in [2.05, 4.69) is 17.4 Å². The molecule has 3 nitrogen and oxygen atoms in total. The van der Waals surface area contributed by atoms with Crippen LogP contribution in [0.3, 0.4) is 0 Å². The SMILES string of the molecule is C=CCOc1ccc(Cl)cc1CNNc1ccccc1. The average Bonchev–Trinajstić information content (AvgIpc) is 2.47. The summed E-state index contributed by atoms with van der Waals surface area (Å²) in [7, 11) is 0. The van der Waals surface area contributed by atoms with Crippen LogP contribution in [0.15, 0.2) is 61.2 Å². The van der Waals surface area contributed by atoms with Gasteiger partial charge >= 0.3 is 0 Å². The van der Waals surface area contributed by atoms with Crippen LogP contribution in [0.1, 0.15) is 5.56 Å². The van der Waals surface area contributed by atoms with E-state index in [-0.39, 0.29) is 0 Å². The molecule has 0 aliphatic rings. The Morgan fingerprint density at radius 2 is 1.95 bits per heavy atom. The van der Waals surface area contributed by atoms with E-state index in [4.69, 9.17) is 16.3 Å². The van der Waals surface area contributed by atoms with Gasteiger partial charge in [-0.05, 0) is 30.3 Å². The fourth-order valence-corrected chi connectivity index (χ4v) is 1.93. The van der Waals surface area contributed by atoms with Gasteiger partial charge in [-0.15, -0.1) is 0 Å². The Morgan fingerprint density at radius 1 is 1.15 bits per heavy atom. The van der Waals surface area contributed by atoms with Gasteiger partial charge in [0.25, 0.3) is 0 Å². The molecule has 0 aliphatic carbocycles. The van der Waals surface area contributed by atoms with E-state index in [1.165, 1.54) is 0 Å². The molecule has 2 aromatic carbocycles. The van der Waals surface area contributed by atoms with Gasteiger partial charge in [0.05, 0.1) is 0 Å². The van der Waals surface area contributed by atoms with Gasteiger partial charge in [0, 0.05) is 22.8 Å². The molecule has 0 radical (unpaired) electrons. The van der Waals surface area contributed by atoms with E-state index in [0.29, 0.717) is 18.2 Å². The van der Waals surface area contributed by atoms with E-state index >= 15 is 0 Å².